The van der Waals surface area contributed by atoms with E-state index in [0.29, 0.717) is 6.04 Å². The Bertz CT molecular complexity index is 138. The second-order valence-corrected chi connectivity index (χ2v) is 3.93. The number of carbonyl (C=O) groups excluding carboxylic acids is 1. The molecule has 0 aromatic carbocycles. The van der Waals surface area contributed by atoms with Crippen LogP contribution in [0.15, 0.2) is 0 Å². The Labute approximate surface area is 68.3 Å². The highest BCUT2D eigenvalue weighted by atomic mass is 16.1. The van der Waals surface area contributed by atoms with Crippen LogP contribution in [0.3, 0.4) is 0 Å². The molecule has 66 valence electrons. The highest BCUT2D eigenvalue weighted by Gasteiger charge is 2.19. The molecule has 0 saturated carbocycles. The Balaban J connectivity index is 3.70. The van der Waals surface area contributed by atoms with Gasteiger partial charge in [-0.1, -0.05) is 20.8 Å². The zero-order valence-corrected chi connectivity index (χ0v) is 7.77. The van der Waals surface area contributed by atoms with Gasteiger partial charge in [-0.3, -0.25) is 4.79 Å². The third-order valence-electron chi connectivity index (χ3n) is 1.88. The number of carbonyl (C=O) groups is 1. The average molecular weight is 158 g/mol. The summed E-state index contributed by atoms with van der Waals surface area (Å²) >= 11 is 0. The van der Waals surface area contributed by atoms with Crippen LogP contribution in [0.1, 0.15) is 27.7 Å². The number of rotatable bonds is 3. The smallest absolute Gasteiger partial charge is 0.231 e. The van der Waals surface area contributed by atoms with Gasteiger partial charge < -0.3 is 11.1 Å². The second kappa shape index (κ2) is 3.72. The predicted molar refractivity (Wildman–Crippen MR) is 46.1 cm³/mol. The van der Waals surface area contributed by atoms with E-state index < -0.39 is 0 Å². The van der Waals surface area contributed by atoms with Crippen molar-refractivity contribution >= 4 is 5.91 Å². The minimum absolute atomic E-state index is 0.176. The van der Waals surface area contributed by atoms with Gasteiger partial charge in [-0.15, -0.1) is 0 Å². The molecular weight excluding hydrogens is 140 g/mol. The van der Waals surface area contributed by atoms with Crippen molar-refractivity contribution in [2.24, 2.45) is 11.1 Å². The van der Waals surface area contributed by atoms with Gasteiger partial charge in [0.25, 0.3) is 0 Å². The number of nitrogens with one attached hydrogen (secondary N) is 1. The maximum Gasteiger partial charge on any atom is 0.231 e. The first-order valence-electron chi connectivity index (χ1n) is 3.85. The molecule has 3 N–H and O–H groups in total. The monoisotopic (exact) mass is 158 g/mol. The van der Waals surface area contributed by atoms with Crippen molar-refractivity contribution in [3.05, 3.63) is 0 Å². The minimum Gasteiger partial charge on any atom is -0.369 e. The van der Waals surface area contributed by atoms with Crippen LogP contribution in [0.2, 0.25) is 0 Å². The van der Waals surface area contributed by atoms with E-state index >= 15 is 0 Å². The van der Waals surface area contributed by atoms with Crippen LogP contribution in [0, 0.1) is 5.41 Å². The molecule has 0 saturated heterocycles. The van der Waals surface area contributed by atoms with Gasteiger partial charge in [-0.05, 0) is 12.3 Å². The third-order valence-corrected chi connectivity index (χ3v) is 1.88. The summed E-state index contributed by atoms with van der Waals surface area (Å²) in [6.07, 6.45) is 0. The zero-order chi connectivity index (χ0) is 9.07. The van der Waals surface area contributed by atoms with E-state index in [1.165, 1.54) is 0 Å². The summed E-state index contributed by atoms with van der Waals surface area (Å²) in [6.45, 7) is 8.66. The van der Waals surface area contributed by atoms with Crippen molar-refractivity contribution in [2.45, 2.75) is 33.7 Å². The number of amides is 1. The molecule has 0 rings (SSSR count). The Morgan fingerprint density at radius 1 is 1.55 bits per heavy atom. The van der Waals surface area contributed by atoms with Crippen molar-refractivity contribution in [2.75, 3.05) is 6.54 Å². The largest absolute Gasteiger partial charge is 0.369 e. The Morgan fingerprint density at radius 3 is 2.27 bits per heavy atom. The summed E-state index contributed by atoms with van der Waals surface area (Å²) < 4.78 is 0. The molecule has 0 aliphatic heterocycles. The quantitative estimate of drug-likeness (QED) is 0.628. The summed E-state index contributed by atoms with van der Waals surface area (Å²) in [5.41, 5.74) is 5.16. The fraction of sp³-hybridized carbons (Fsp3) is 0.875. The van der Waals surface area contributed by atoms with Crippen molar-refractivity contribution in [1.82, 2.24) is 5.32 Å². The van der Waals surface area contributed by atoms with Crippen LogP contribution in [0.25, 0.3) is 0 Å². The van der Waals surface area contributed by atoms with Crippen LogP contribution in [0.4, 0.5) is 0 Å². The predicted octanol–water partition coefficient (Wildman–Crippen LogP) is 0.496. The van der Waals surface area contributed by atoms with E-state index in [1.807, 2.05) is 6.92 Å². The standard InChI is InChI=1S/C8H18N2O/c1-6(8(2,3)4)10-5-7(9)11/h6,10H,5H2,1-4H3,(H2,9,11). The maximum atomic E-state index is 10.4. The van der Waals surface area contributed by atoms with Crippen molar-refractivity contribution in [3.8, 4) is 0 Å². The van der Waals surface area contributed by atoms with E-state index in [-0.39, 0.29) is 17.9 Å². The zero-order valence-electron chi connectivity index (χ0n) is 7.77. The van der Waals surface area contributed by atoms with Gasteiger partial charge in [-0.25, -0.2) is 0 Å². The fourth-order valence-corrected chi connectivity index (χ4v) is 0.560. The summed E-state index contributed by atoms with van der Waals surface area (Å²) in [6, 6.07) is 0.301. The SMILES string of the molecule is CC(NCC(N)=O)C(C)(C)C. The highest BCUT2D eigenvalue weighted by Crippen LogP contribution is 2.17. The van der Waals surface area contributed by atoms with Crippen LogP contribution in [-0.4, -0.2) is 18.5 Å². The molecule has 3 nitrogen and oxygen atoms in total. The number of nitrogens with two attached hydrogens (primary N) is 1. The van der Waals surface area contributed by atoms with E-state index in [0.717, 1.165) is 0 Å². The molecule has 0 aliphatic rings. The van der Waals surface area contributed by atoms with Gasteiger partial charge >= 0.3 is 0 Å². The third kappa shape index (κ3) is 4.79. The number of hydrogen-bond donors (Lipinski definition) is 2. The molecule has 0 heterocycles. The van der Waals surface area contributed by atoms with Gasteiger partial charge in [-0.2, -0.15) is 0 Å². The van der Waals surface area contributed by atoms with Crippen LogP contribution >= 0.6 is 0 Å². The second-order valence-electron chi connectivity index (χ2n) is 3.93. The fourth-order valence-electron chi connectivity index (χ4n) is 0.560. The number of hydrogen-bond acceptors (Lipinski definition) is 2. The summed E-state index contributed by atoms with van der Waals surface area (Å²) in [5, 5.41) is 3.05. The maximum absolute atomic E-state index is 10.4. The molecule has 0 aromatic rings. The summed E-state index contributed by atoms with van der Waals surface area (Å²) in [7, 11) is 0. The number of primary amides is 1. The molecule has 1 atom stereocenters. The Kier molecular flexibility index (Phi) is 3.52. The Hall–Kier alpha value is -0.570. The molecule has 0 aliphatic carbocycles. The minimum atomic E-state index is -0.305. The van der Waals surface area contributed by atoms with Crippen LogP contribution in [-0.2, 0) is 4.79 Å². The van der Waals surface area contributed by atoms with Gasteiger partial charge in [0.15, 0.2) is 0 Å². The lowest BCUT2D eigenvalue weighted by Crippen LogP contribution is -2.42. The van der Waals surface area contributed by atoms with E-state index in [9.17, 15) is 4.79 Å². The van der Waals surface area contributed by atoms with Crippen LogP contribution in [0.5, 0.6) is 0 Å². The first-order valence-corrected chi connectivity index (χ1v) is 3.85. The van der Waals surface area contributed by atoms with Crippen molar-refractivity contribution in [1.29, 1.82) is 0 Å². The van der Waals surface area contributed by atoms with E-state index in [1.54, 1.807) is 0 Å². The molecule has 0 aromatic heterocycles. The molecular formula is C8H18N2O. The molecule has 0 spiro atoms. The summed E-state index contributed by atoms with van der Waals surface area (Å²) in [5.74, 6) is -0.305. The van der Waals surface area contributed by atoms with E-state index in [4.69, 9.17) is 5.73 Å². The molecule has 0 radical (unpaired) electrons. The molecule has 1 amide bonds. The molecule has 11 heavy (non-hydrogen) atoms. The highest BCUT2D eigenvalue weighted by molar-refractivity contribution is 5.75. The first kappa shape index (κ1) is 10.4. The normalized spacial score (nSPS) is 14.5. The van der Waals surface area contributed by atoms with Crippen molar-refractivity contribution in [3.63, 3.8) is 0 Å². The lowest BCUT2D eigenvalue weighted by molar-refractivity contribution is -0.117. The molecule has 3 heteroatoms. The average Bonchev–Trinajstić information content (AvgIpc) is 1.80. The Morgan fingerprint density at radius 2 is 2.00 bits per heavy atom. The molecule has 1 unspecified atom stereocenters. The topological polar surface area (TPSA) is 55.1 Å². The lowest BCUT2D eigenvalue weighted by Gasteiger charge is -2.27. The van der Waals surface area contributed by atoms with Gasteiger partial charge in [0.05, 0.1) is 6.54 Å². The molecule has 0 bridgehead atoms. The molecule has 0 fully saturated rings. The first-order chi connectivity index (χ1) is 4.84. The van der Waals surface area contributed by atoms with Gasteiger partial charge in [0.1, 0.15) is 0 Å². The van der Waals surface area contributed by atoms with Gasteiger partial charge in [0, 0.05) is 6.04 Å². The van der Waals surface area contributed by atoms with Gasteiger partial charge in [0.2, 0.25) is 5.91 Å². The summed E-state index contributed by atoms with van der Waals surface area (Å²) in [4.78, 5) is 10.4. The lowest BCUT2D eigenvalue weighted by atomic mass is 9.88. The van der Waals surface area contributed by atoms with Crippen LogP contribution < -0.4 is 11.1 Å². The van der Waals surface area contributed by atoms with Crippen molar-refractivity contribution < 1.29 is 4.79 Å². The van der Waals surface area contributed by atoms with E-state index in [2.05, 4.69) is 26.1 Å².